The van der Waals surface area contributed by atoms with E-state index in [1.807, 2.05) is 0 Å². The lowest BCUT2D eigenvalue weighted by Crippen LogP contribution is -2.38. The van der Waals surface area contributed by atoms with Gasteiger partial charge in [0.15, 0.2) is 6.29 Å². The van der Waals surface area contributed by atoms with Crippen LogP contribution in [-0.4, -0.2) is 19.5 Å². The van der Waals surface area contributed by atoms with Gasteiger partial charge in [-0.05, 0) is 86.9 Å². The van der Waals surface area contributed by atoms with Crippen molar-refractivity contribution in [3.63, 3.8) is 0 Å². The molecule has 112 valence electrons. The van der Waals surface area contributed by atoms with Gasteiger partial charge in [-0.3, -0.25) is 0 Å². The molecule has 2 aliphatic heterocycles. The van der Waals surface area contributed by atoms with Crippen molar-refractivity contribution in [1.82, 2.24) is 0 Å². The molecule has 5 fully saturated rings. The highest BCUT2D eigenvalue weighted by Crippen LogP contribution is 2.59. The summed E-state index contributed by atoms with van der Waals surface area (Å²) in [6.07, 6.45) is 11.8. The van der Waals surface area contributed by atoms with Crippen molar-refractivity contribution in [2.75, 3.05) is 13.2 Å². The largest absolute Gasteiger partial charge is 0.352 e. The van der Waals surface area contributed by atoms with Crippen LogP contribution in [0.15, 0.2) is 0 Å². The lowest BCUT2D eigenvalue weighted by molar-refractivity contribution is -0.155. The Hall–Kier alpha value is -0.0800. The molecule has 2 heterocycles. The molecule has 3 aliphatic carbocycles. The van der Waals surface area contributed by atoms with Crippen LogP contribution in [0.4, 0.5) is 0 Å². The fourth-order valence-corrected chi connectivity index (χ4v) is 6.58. The fourth-order valence-electron chi connectivity index (χ4n) is 6.58. The first-order valence-corrected chi connectivity index (χ1v) is 9.13. The van der Waals surface area contributed by atoms with Crippen LogP contribution in [-0.2, 0) is 9.47 Å². The zero-order valence-electron chi connectivity index (χ0n) is 12.5. The lowest BCUT2D eigenvalue weighted by Gasteiger charge is -2.43. The third-order valence-electron chi connectivity index (χ3n) is 7.67. The summed E-state index contributed by atoms with van der Waals surface area (Å²) >= 11 is 0. The van der Waals surface area contributed by atoms with Gasteiger partial charge in [-0.15, -0.1) is 0 Å². The van der Waals surface area contributed by atoms with E-state index in [0.29, 0.717) is 5.92 Å². The van der Waals surface area contributed by atoms with Crippen molar-refractivity contribution in [2.45, 2.75) is 57.7 Å². The maximum Gasteiger partial charge on any atom is 0.160 e. The topological polar surface area (TPSA) is 18.5 Å². The van der Waals surface area contributed by atoms with Gasteiger partial charge in [0, 0.05) is 5.92 Å². The number of hydrogen-bond donors (Lipinski definition) is 0. The minimum atomic E-state index is 0.145. The summed E-state index contributed by atoms with van der Waals surface area (Å²) in [5, 5.41) is 0. The molecule has 5 aliphatic rings. The van der Waals surface area contributed by atoms with E-state index < -0.39 is 0 Å². The Kier molecular flexibility index (Phi) is 2.93. The highest BCUT2D eigenvalue weighted by atomic mass is 16.7. The van der Waals surface area contributed by atoms with E-state index in [4.69, 9.17) is 9.47 Å². The average molecular weight is 276 g/mol. The molecular weight excluding hydrogens is 248 g/mol. The Morgan fingerprint density at radius 1 is 0.550 bits per heavy atom. The molecule has 20 heavy (non-hydrogen) atoms. The summed E-state index contributed by atoms with van der Waals surface area (Å²) in [6.45, 7) is 1.93. The predicted octanol–water partition coefficient (Wildman–Crippen LogP) is 3.85. The normalized spacial score (nSPS) is 57.6. The van der Waals surface area contributed by atoms with Gasteiger partial charge in [-0.25, -0.2) is 0 Å². The summed E-state index contributed by atoms with van der Waals surface area (Å²) in [6, 6.07) is 0. The Morgan fingerprint density at radius 2 is 1.25 bits per heavy atom. The molecule has 0 radical (unpaired) electrons. The van der Waals surface area contributed by atoms with Crippen molar-refractivity contribution in [2.24, 2.45) is 41.4 Å². The maximum atomic E-state index is 6.23. The van der Waals surface area contributed by atoms with Gasteiger partial charge in [-0.2, -0.15) is 0 Å². The third-order valence-corrected chi connectivity index (χ3v) is 7.67. The summed E-state index contributed by atoms with van der Waals surface area (Å²) in [5.41, 5.74) is 0. The molecule has 0 aromatic rings. The lowest BCUT2D eigenvalue weighted by atomic mass is 9.64. The molecule has 0 aromatic carbocycles. The van der Waals surface area contributed by atoms with Gasteiger partial charge >= 0.3 is 0 Å². The molecule has 0 amide bonds. The van der Waals surface area contributed by atoms with Crippen LogP contribution in [0.1, 0.15) is 51.4 Å². The van der Waals surface area contributed by atoms with Crippen LogP contribution in [0.5, 0.6) is 0 Å². The van der Waals surface area contributed by atoms with Gasteiger partial charge in [0.25, 0.3) is 0 Å². The molecule has 8 unspecified atom stereocenters. The fraction of sp³-hybridized carbons (Fsp3) is 1.00. The van der Waals surface area contributed by atoms with Crippen molar-refractivity contribution in [1.29, 1.82) is 0 Å². The zero-order chi connectivity index (χ0) is 13.1. The zero-order valence-corrected chi connectivity index (χ0v) is 12.5. The standard InChI is InChI=1S/C18H28O2/c1-4-16-14-5-6-17(16)15-3-2-13(15)10-20-18-12(7-8-19-18)9-11(1)14/h11-18H,1-10H2. The van der Waals surface area contributed by atoms with Crippen LogP contribution >= 0.6 is 0 Å². The molecule has 3 saturated carbocycles. The first-order chi connectivity index (χ1) is 9.90. The molecule has 2 heteroatoms. The van der Waals surface area contributed by atoms with Crippen LogP contribution < -0.4 is 0 Å². The van der Waals surface area contributed by atoms with E-state index in [9.17, 15) is 0 Å². The third kappa shape index (κ3) is 1.76. The predicted molar refractivity (Wildman–Crippen MR) is 77.1 cm³/mol. The average Bonchev–Trinajstić information content (AvgIpc) is 3.08. The second-order valence-corrected chi connectivity index (χ2v) is 8.26. The molecular formula is C18H28O2. The van der Waals surface area contributed by atoms with Crippen molar-refractivity contribution >= 4 is 0 Å². The van der Waals surface area contributed by atoms with Crippen molar-refractivity contribution < 1.29 is 9.47 Å². The van der Waals surface area contributed by atoms with Crippen LogP contribution in [0, 0.1) is 41.4 Å². The van der Waals surface area contributed by atoms with Crippen LogP contribution in [0.3, 0.4) is 0 Å². The Bertz CT molecular complexity index is 382. The molecule has 2 saturated heterocycles. The van der Waals surface area contributed by atoms with E-state index in [2.05, 4.69) is 0 Å². The second-order valence-electron chi connectivity index (χ2n) is 8.26. The molecule has 0 spiro atoms. The van der Waals surface area contributed by atoms with Gasteiger partial charge < -0.3 is 9.47 Å². The molecule has 0 N–H and O–H groups in total. The molecule has 4 bridgehead atoms. The van der Waals surface area contributed by atoms with Gasteiger partial charge in [0.05, 0.1) is 13.2 Å². The van der Waals surface area contributed by atoms with Gasteiger partial charge in [-0.1, -0.05) is 0 Å². The summed E-state index contributed by atoms with van der Waals surface area (Å²) in [7, 11) is 0. The smallest absolute Gasteiger partial charge is 0.160 e. The molecule has 0 aromatic heterocycles. The molecule has 5 rings (SSSR count). The van der Waals surface area contributed by atoms with E-state index >= 15 is 0 Å². The monoisotopic (exact) mass is 276 g/mol. The Morgan fingerprint density at radius 3 is 2.10 bits per heavy atom. The molecule has 8 atom stereocenters. The highest BCUT2D eigenvalue weighted by Gasteiger charge is 2.51. The van der Waals surface area contributed by atoms with E-state index in [-0.39, 0.29) is 6.29 Å². The minimum absolute atomic E-state index is 0.145. The first kappa shape index (κ1) is 12.5. The quantitative estimate of drug-likeness (QED) is 0.669. The van der Waals surface area contributed by atoms with Crippen LogP contribution in [0.25, 0.3) is 0 Å². The van der Waals surface area contributed by atoms with Crippen LogP contribution in [0.2, 0.25) is 0 Å². The second kappa shape index (κ2) is 4.71. The van der Waals surface area contributed by atoms with Crippen molar-refractivity contribution in [3.8, 4) is 0 Å². The summed E-state index contributed by atoms with van der Waals surface area (Å²) < 4.78 is 12.1. The number of ether oxygens (including phenoxy) is 2. The number of rotatable bonds is 0. The van der Waals surface area contributed by atoms with E-state index in [1.54, 1.807) is 12.8 Å². The highest BCUT2D eigenvalue weighted by molar-refractivity contribution is 5.00. The first-order valence-electron chi connectivity index (χ1n) is 9.13. The Labute approximate surface area is 122 Å². The SMILES string of the molecule is C1CC2CC3CCC4C3CCC4C3CCC3COC2O1. The number of fused-ring (bicyclic) bond motifs is 3. The van der Waals surface area contributed by atoms with Crippen molar-refractivity contribution in [3.05, 3.63) is 0 Å². The maximum absolute atomic E-state index is 6.23. The summed E-state index contributed by atoms with van der Waals surface area (Å²) in [4.78, 5) is 0. The number of hydrogen-bond acceptors (Lipinski definition) is 2. The summed E-state index contributed by atoms with van der Waals surface area (Å²) in [5.74, 6) is 6.79. The minimum Gasteiger partial charge on any atom is -0.352 e. The van der Waals surface area contributed by atoms with Gasteiger partial charge in [0.1, 0.15) is 0 Å². The van der Waals surface area contributed by atoms with E-state index in [1.165, 1.54) is 38.5 Å². The van der Waals surface area contributed by atoms with E-state index in [0.717, 1.165) is 48.7 Å². The molecule has 2 nitrogen and oxygen atoms in total. The Balaban J connectivity index is 1.44. The van der Waals surface area contributed by atoms with Gasteiger partial charge in [0.2, 0.25) is 0 Å².